The van der Waals surface area contributed by atoms with Crippen molar-refractivity contribution in [3.63, 3.8) is 0 Å². The van der Waals surface area contributed by atoms with Gasteiger partial charge in [0.2, 0.25) is 0 Å². The molecule has 1 rings (SSSR count). The van der Waals surface area contributed by atoms with Crippen LogP contribution in [0.2, 0.25) is 0 Å². The molecule has 0 aliphatic rings. The second-order valence-electron chi connectivity index (χ2n) is 3.88. The highest BCUT2D eigenvalue weighted by atomic mass is 19.4. The molecule has 1 aromatic rings. The SMILES string of the molecule is CCCCN(c1ccccc1)C(F)(F)C(F)(F)F. The molecule has 0 unspecified atom stereocenters. The Morgan fingerprint density at radius 1 is 1.00 bits per heavy atom. The molecule has 0 heterocycles. The van der Waals surface area contributed by atoms with E-state index in [1.165, 1.54) is 24.3 Å². The lowest BCUT2D eigenvalue weighted by Crippen LogP contribution is -2.53. The molecular formula is C12H14F5N. The van der Waals surface area contributed by atoms with Crippen molar-refractivity contribution in [3.8, 4) is 0 Å². The number of anilines is 1. The van der Waals surface area contributed by atoms with Crippen molar-refractivity contribution in [1.29, 1.82) is 0 Å². The Labute approximate surface area is 102 Å². The van der Waals surface area contributed by atoms with Gasteiger partial charge >= 0.3 is 12.2 Å². The van der Waals surface area contributed by atoms with Crippen molar-refractivity contribution in [1.82, 2.24) is 0 Å². The van der Waals surface area contributed by atoms with Gasteiger partial charge in [-0.2, -0.15) is 22.0 Å². The third-order valence-corrected chi connectivity index (χ3v) is 2.48. The fourth-order valence-electron chi connectivity index (χ4n) is 1.51. The Balaban J connectivity index is 3.06. The highest BCUT2D eigenvalue weighted by Crippen LogP contribution is 2.40. The summed E-state index contributed by atoms with van der Waals surface area (Å²) in [5.41, 5.74) is -0.131. The fourth-order valence-corrected chi connectivity index (χ4v) is 1.51. The lowest BCUT2D eigenvalue weighted by molar-refractivity contribution is -0.281. The lowest BCUT2D eigenvalue weighted by atomic mass is 10.2. The van der Waals surface area contributed by atoms with E-state index in [2.05, 4.69) is 0 Å². The number of hydrogen-bond donors (Lipinski definition) is 0. The molecule has 1 aromatic carbocycles. The van der Waals surface area contributed by atoms with Crippen LogP contribution in [0.1, 0.15) is 19.8 Å². The van der Waals surface area contributed by atoms with Crippen molar-refractivity contribution in [3.05, 3.63) is 30.3 Å². The zero-order chi connectivity index (χ0) is 13.8. The van der Waals surface area contributed by atoms with E-state index in [1.54, 1.807) is 13.0 Å². The minimum atomic E-state index is -5.59. The summed E-state index contributed by atoms with van der Waals surface area (Å²) >= 11 is 0. The van der Waals surface area contributed by atoms with E-state index in [-0.39, 0.29) is 23.6 Å². The predicted octanol–water partition coefficient (Wildman–Crippen LogP) is 4.45. The van der Waals surface area contributed by atoms with Crippen LogP contribution in [-0.4, -0.2) is 18.8 Å². The minimum absolute atomic E-state index is 0.108. The van der Waals surface area contributed by atoms with Crippen LogP contribution in [0.25, 0.3) is 0 Å². The van der Waals surface area contributed by atoms with Gasteiger partial charge in [-0.15, -0.1) is 0 Å². The van der Waals surface area contributed by atoms with Gasteiger partial charge in [0.25, 0.3) is 0 Å². The van der Waals surface area contributed by atoms with E-state index in [0.717, 1.165) is 0 Å². The van der Waals surface area contributed by atoms with E-state index in [4.69, 9.17) is 0 Å². The molecule has 18 heavy (non-hydrogen) atoms. The minimum Gasteiger partial charge on any atom is -0.306 e. The van der Waals surface area contributed by atoms with Crippen LogP contribution in [-0.2, 0) is 0 Å². The quantitative estimate of drug-likeness (QED) is 0.563. The molecule has 0 aliphatic carbocycles. The molecular weight excluding hydrogens is 253 g/mol. The summed E-state index contributed by atoms with van der Waals surface area (Å²) in [6.07, 6.45) is -4.78. The van der Waals surface area contributed by atoms with E-state index < -0.39 is 12.2 Å². The second kappa shape index (κ2) is 5.54. The number of para-hydroxylation sites is 1. The van der Waals surface area contributed by atoms with Crippen LogP contribution >= 0.6 is 0 Å². The van der Waals surface area contributed by atoms with Gasteiger partial charge in [0.05, 0.1) is 0 Å². The van der Waals surface area contributed by atoms with Gasteiger partial charge in [-0.25, -0.2) is 0 Å². The molecule has 0 saturated heterocycles. The molecule has 102 valence electrons. The lowest BCUT2D eigenvalue weighted by Gasteiger charge is -2.34. The molecule has 0 aromatic heterocycles. The van der Waals surface area contributed by atoms with Crippen LogP contribution in [0.3, 0.4) is 0 Å². The molecule has 0 atom stereocenters. The summed E-state index contributed by atoms with van der Waals surface area (Å²) in [6.45, 7) is 1.39. The van der Waals surface area contributed by atoms with E-state index >= 15 is 0 Å². The van der Waals surface area contributed by atoms with Crippen molar-refractivity contribution >= 4 is 5.69 Å². The normalized spacial score (nSPS) is 12.6. The van der Waals surface area contributed by atoms with Crippen molar-refractivity contribution in [2.45, 2.75) is 32.0 Å². The van der Waals surface area contributed by atoms with Crippen LogP contribution in [0.15, 0.2) is 30.3 Å². The first-order chi connectivity index (χ1) is 8.30. The molecule has 0 fully saturated rings. The second-order valence-corrected chi connectivity index (χ2v) is 3.88. The Morgan fingerprint density at radius 3 is 2.00 bits per heavy atom. The molecule has 0 aliphatic heterocycles. The van der Waals surface area contributed by atoms with Crippen LogP contribution in [0.5, 0.6) is 0 Å². The standard InChI is InChI=1S/C12H14F5N/c1-2-3-9-18(10-7-5-4-6-8-10)12(16,17)11(13,14)15/h4-8H,2-3,9H2,1H3. The third-order valence-electron chi connectivity index (χ3n) is 2.48. The number of hydrogen-bond acceptors (Lipinski definition) is 1. The highest BCUT2D eigenvalue weighted by molar-refractivity contribution is 5.47. The summed E-state index contributed by atoms with van der Waals surface area (Å²) in [6, 6.07) is 2.06. The summed E-state index contributed by atoms with van der Waals surface area (Å²) in [4.78, 5) is 0.108. The molecule has 0 spiro atoms. The Morgan fingerprint density at radius 2 is 1.56 bits per heavy atom. The number of benzene rings is 1. The predicted molar refractivity (Wildman–Crippen MR) is 59.7 cm³/mol. The first-order valence-corrected chi connectivity index (χ1v) is 5.58. The van der Waals surface area contributed by atoms with E-state index in [1.807, 2.05) is 0 Å². The zero-order valence-electron chi connectivity index (χ0n) is 9.85. The Hall–Kier alpha value is -1.33. The molecule has 0 amide bonds. The Bertz CT molecular complexity index is 360. The molecule has 1 nitrogen and oxygen atoms in total. The smallest absolute Gasteiger partial charge is 0.306 e. The van der Waals surface area contributed by atoms with Crippen molar-refractivity contribution in [2.75, 3.05) is 11.4 Å². The first kappa shape index (κ1) is 14.7. The molecule has 0 radical (unpaired) electrons. The van der Waals surface area contributed by atoms with Crippen molar-refractivity contribution in [2.24, 2.45) is 0 Å². The summed E-state index contributed by atoms with van der Waals surface area (Å²) in [7, 11) is 0. The Kier molecular flexibility index (Phi) is 4.53. The maximum absolute atomic E-state index is 13.4. The van der Waals surface area contributed by atoms with E-state index in [9.17, 15) is 22.0 Å². The zero-order valence-corrected chi connectivity index (χ0v) is 9.85. The molecule has 0 saturated carbocycles. The maximum Gasteiger partial charge on any atom is 0.475 e. The molecule has 6 heteroatoms. The third kappa shape index (κ3) is 3.11. The van der Waals surface area contributed by atoms with Gasteiger partial charge in [-0.1, -0.05) is 31.5 Å². The number of alkyl halides is 5. The van der Waals surface area contributed by atoms with Crippen LogP contribution in [0.4, 0.5) is 27.6 Å². The average molecular weight is 267 g/mol. The number of rotatable bonds is 5. The summed E-state index contributed by atoms with van der Waals surface area (Å²) in [5.74, 6) is 0. The number of halogens is 5. The topological polar surface area (TPSA) is 3.24 Å². The summed E-state index contributed by atoms with van der Waals surface area (Å²) < 4.78 is 64.0. The number of unbranched alkanes of at least 4 members (excludes halogenated alkanes) is 1. The van der Waals surface area contributed by atoms with Gasteiger partial charge < -0.3 is 4.90 Å². The molecule has 0 N–H and O–H groups in total. The summed E-state index contributed by atoms with van der Waals surface area (Å²) in [5, 5.41) is 0. The van der Waals surface area contributed by atoms with Gasteiger partial charge in [0, 0.05) is 12.2 Å². The highest BCUT2D eigenvalue weighted by Gasteiger charge is 2.61. The molecule has 0 bridgehead atoms. The maximum atomic E-state index is 13.4. The largest absolute Gasteiger partial charge is 0.475 e. The van der Waals surface area contributed by atoms with Gasteiger partial charge in [-0.3, -0.25) is 0 Å². The monoisotopic (exact) mass is 267 g/mol. The van der Waals surface area contributed by atoms with E-state index in [0.29, 0.717) is 6.42 Å². The number of nitrogens with zero attached hydrogens (tertiary/aromatic N) is 1. The average Bonchev–Trinajstić information content (AvgIpc) is 2.29. The van der Waals surface area contributed by atoms with Crippen LogP contribution < -0.4 is 4.90 Å². The first-order valence-electron chi connectivity index (χ1n) is 5.58. The van der Waals surface area contributed by atoms with Gasteiger partial charge in [0.1, 0.15) is 0 Å². The fraction of sp³-hybridized carbons (Fsp3) is 0.500. The van der Waals surface area contributed by atoms with Gasteiger partial charge in [0.15, 0.2) is 0 Å². The van der Waals surface area contributed by atoms with Crippen LogP contribution in [0, 0.1) is 0 Å². The van der Waals surface area contributed by atoms with Gasteiger partial charge in [-0.05, 0) is 18.6 Å². The van der Waals surface area contributed by atoms with Crippen molar-refractivity contribution < 1.29 is 22.0 Å².